The maximum absolute atomic E-state index is 15.8. The van der Waals surface area contributed by atoms with Crippen molar-refractivity contribution >= 4 is 93.0 Å². The number of benzene rings is 7. The smallest absolute Gasteiger partial charge is 0 e. The molecule has 7 aromatic carbocycles. The zero-order valence-electron chi connectivity index (χ0n) is 43.5. The normalized spacial score (nSPS) is 13.0. The van der Waals surface area contributed by atoms with Crippen LogP contribution in [-0.4, -0.2) is 32.8 Å². The molecule has 70 heavy (non-hydrogen) atoms. The number of hydrogen-bond donors (Lipinski definition) is 0. The minimum absolute atomic E-state index is 0. The van der Waals surface area contributed by atoms with Crippen molar-refractivity contribution in [1.29, 1.82) is 0 Å². The summed E-state index contributed by atoms with van der Waals surface area (Å²) in [5.74, 6) is 5.20. The third-order valence-electron chi connectivity index (χ3n) is 12.9. The Morgan fingerprint density at radius 2 is 1.53 bits per heavy atom. The Bertz CT molecular complexity index is 4180. The van der Waals surface area contributed by atoms with Crippen LogP contribution in [0.4, 0.5) is 8.78 Å². The van der Waals surface area contributed by atoms with Gasteiger partial charge in [0, 0.05) is 68.1 Å². The van der Waals surface area contributed by atoms with Gasteiger partial charge in [0.15, 0.2) is 0 Å². The predicted molar refractivity (Wildman–Crippen MR) is 286 cm³/mol. The van der Waals surface area contributed by atoms with Crippen molar-refractivity contribution in [3.8, 4) is 39.6 Å². The van der Waals surface area contributed by atoms with E-state index in [0.29, 0.717) is 39.2 Å². The molecule has 0 atom stereocenters. The van der Waals surface area contributed by atoms with Crippen molar-refractivity contribution in [2.45, 2.75) is 57.7 Å². The first kappa shape index (κ1) is 42.5. The first-order chi connectivity index (χ1) is 34.8. The average Bonchev–Trinajstić information content (AvgIpc) is 4.06. The molecule has 5 nitrogen and oxygen atoms in total. The van der Waals surface area contributed by atoms with E-state index in [1.54, 1.807) is 26.1 Å². The molecule has 0 fully saturated rings. The summed E-state index contributed by atoms with van der Waals surface area (Å²) in [6.45, 7) is 5.41. The van der Waals surface area contributed by atoms with Gasteiger partial charge in [-0.05, 0) is 66.1 Å². The quantitative estimate of drug-likeness (QED) is 0.123. The van der Waals surface area contributed by atoms with Crippen LogP contribution in [0.15, 0.2) is 144 Å². The molecule has 1 radical (unpaired) electrons. The minimum atomic E-state index is -2.54. The van der Waals surface area contributed by atoms with Crippen LogP contribution in [0.2, 0.25) is 17.3 Å². The van der Waals surface area contributed by atoms with Gasteiger partial charge >= 0.3 is 135 Å². The van der Waals surface area contributed by atoms with E-state index in [2.05, 4.69) is 120 Å². The first-order valence-corrected chi connectivity index (χ1v) is 31.0. The van der Waals surface area contributed by atoms with E-state index >= 15 is 4.39 Å². The summed E-state index contributed by atoms with van der Waals surface area (Å²) in [7, 11) is 0. The van der Waals surface area contributed by atoms with Gasteiger partial charge in [0.25, 0.3) is 0 Å². The molecule has 5 heterocycles. The van der Waals surface area contributed by atoms with Crippen LogP contribution in [0, 0.1) is 44.5 Å². The van der Waals surface area contributed by atoms with Crippen molar-refractivity contribution in [3.63, 3.8) is 0 Å². The number of aryl methyl sites for hydroxylation is 3. The molecule has 349 valence electrons. The van der Waals surface area contributed by atoms with Gasteiger partial charge in [0.05, 0.1) is 28.1 Å². The Morgan fingerprint density at radius 3 is 2.30 bits per heavy atom. The third-order valence-corrected chi connectivity index (χ3v) is 18.5. The minimum Gasteiger partial charge on any atom is 0 e. The number of nitrogens with zero attached hydrogens (tertiary/aromatic N) is 4. The number of fused-ring (bicyclic) bond motifs is 9. The van der Waals surface area contributed by atoms with Gasteiger partial charge in [-0.1, -0.05) is 84.4 Å². The zero-order valence-corrected chi connectivity index (χ0v) is 44.8. The van der Waals surface area contributed by atoms with E-state index in [1.165, 1.54) is 38.4 Å². The molecular weight excluding hydrogens is 1130 g/mol. The molecule has 10 heteroatoms. The van der Waals surface area contributed by atoms with Crippen LogP contribution in [0.1, 0.15) is 47.5 Å². The maximum Gasteiger partial charge on any atom is 0 e. The number of furan rings is 1. The Morgan fingerprint density at radius 1 is 0.771 bits per heavy atom. The topological polar surface area (TPSA) is 56.7 Å². The van der Waals surface area contributed by atoms with Crippen molar-refractivity contribution in [2.24, 2.45) is 0 Å². The van der Waals surface area contributed by atoms with Crippen molar-refractivity contribution in [3.05, 3.63) is 186 Å². The number of halogens is 2. The van der Waals surface area contributed by atoms with E-state index in [-0.39, 0.29) is 31.2 Å². The summed E-state index contributed by atoms with van der Waals surface area (Å²) >= 11 is -0.467. The fourth-order valence-corrected chi connectivity index (χ4v) is 14.1. The van der Waals surface area contributed by atoms with Crippen molar-refractivity contribution in [2.75, 3.05) is 0 Å². The van der Waals surface area contributed by atoms with Gasteiger partial charge in [-0.15, -0.1) is 23.5 Å². The Labute approximate surface area is 431 Å². The SMILES string of the molecule is Cc1cc2c(sc3ccccc32)c(C)c1-n1c(-c2[c-]cc(F)c3c2oc2nc(-c4ccccc4)ccc23)nc2ccc3ccccc3c21.[2H]C([2H])([2H])c1cc[c-]c(-c2cc(C([2H])(C)C)[c]([Ge]([CH3])([CH3])[CH3])cn2)c1F.[Ir]. The second kappa shape index (κ2) is 18.4. The summed E-state index contributed by atoms with van der Waals surface area (Å²) in [6, 6.07) is 48.9. The number of hydrogen-bond acceptors (Lipinski definition) is 5. The summed E-state index contributed by atoms with van der Waals surface area (Å²) in [5, 5.41) is 5.70. The molecule has 0 aliphatic rings. The molecule has 12 aromatic rings. The Balaban J connectivity index is 0.000000205. The predicted octanol–water partition coefficient (Wildman–Crippen LogP) is 16.4. The molecule has 0 spiro atoms. The molecule has 0 unspecified atom stereocenters. The summed E-state index contributed by atoms with van der Waals surface area (Å²) < 4.78 is 73.7. The second-order valence-electron chi connectivity index (χ2n) is 18.7. The van der Waals surface area contributed by atoms with Crippen LogP contribution in [0.25, 0.3) is 104 Å². The first-order valence-electron chi connectivity index (χ1n) is 24.8. The van der Waals surface area contributed by atoms with E-state index in [4.69, 9.17) is 19.9 Å². The number of thiophene rings is 1. The van der Waals surface area contributed by atoms with Crippen molar-refractivity contribution in [1.82, 2.24) is 19.5 Å². The van der Waals surface area contributed by atoms with Gasteiger partial charge in [0.1, 0.15) is 0 Å². The number of aromatic nitrogens is 4. The van der Waals surface area contributed by atoms with Gasteiger partial charge in [-0.3, -0.25) is 9.37 Å². The van der Waals surface area contributed by atoms with Gasteiger partial charge < -0.3 is 8.98 Å². The molecule has 0 bridgehead atoms. The molecular formula is C60H48F2GeIrN4OS-2. The summed E-state index contributed by atoms with van der Waals surface area (Å²) in [4.78, 5) is 14.5. The fourth-order valence-electron chi connectivity index (χ4n) is 9.61. The van der Waals surface area contributed by atoms with Crippen LogP contribution >= 0.6 is 11.3 Å². The molecule has 0 N–H and O–H groups in total. The van der Waals surface area contributed by atoms with Crippen LogP contribution in [0.5, 0.6) is 0 Å². The standard InChI is InChI=1S/C42H25FN3OS.C18H23FGeN.Ir/c1-23-22-31-28-14-8-9-15-35(28)48-40(31)24(2)37(23)46-38-27-13-7-6-10-25(27)16-20-34(38)44-41(46)30-17-19-32(43)36-29-18-21-33(26-11-4-3-5-12-26)45-42(29)47-39(30)36;1-12(2)15-10-17(21-11-16(15)20(4,5)6)14-9-7-8-13(3)18(14)19;/h3-16,18-22H,1-2H3;7-8,10-12H,1-6H3;/q2*-1;/i;3D3,12D;. The molecule has 0 aliphatic carbocycles. The Kier molecular flexibility index (Phi) is 11.2. The van der Waals surface area contributed by atoms with Crippen molar-refractivity contribution < 1.29 is 38.8 Å². The van der Waals surface area contributed by atoms with Crippen LogP contribution in [0.3, 0.4) is 0 Å². The van der Waals surface area contributed by atoms with E-state index in [9.17, 15) is 4.39 Å². The number of rotatable bonds is 6. The molecule has 0 amide bonds. The molecule has 0 aliphatic heterocycles. The summed E-state index contributed by atoms with van der Waals surface area (Å²) in [6.07, 6.45) is 1.73. The molecule has 0 saturated heterocycles. The van der Waals surface area contributed by atoms with Gasteiger partial charge in [-0.25, -0.2) is 4.98 Å². The monoisotopic (exact) mass is 1180 g/mol. The van der Waals surface area contributed by atoms with E-state index in [1.807, 2.05) is 53.8 Å². The Hall–Kier alpha value is -6.36. The maximum atomic E-state index is 15.8. The molecule has 0 saturated carbocycles. The average molecular weight is 1180 g/mol. The number of imidazole rings is 1. The van der Waals surface area contributed by atoms with E-state index in [0.717, 1.165) is 59.8 Å². The molecule has 12 rings (SSSR count). The van der Waals surface area contributed by atoms with Gasteiger partial charge in [0.2, 0.25) is 5.71 Å². The largest absolute Gasteiger partial charge is 0 e. The third kappa shape index (κ3) is 8.07. The van der Waals surface area contributed by atoms with E-state index < -0.39 is 37.6 Å². The zero-order chi connectivity index (χ0) is 51.3. The van der Waals surface area contributed by atoms with Crippen LogP contribution in [-0.2, 0) is 20.1 Å². The second-order valence-corrected chi connectivity index (χ2v) is 30.4. The summed E-state index contributed by atoms with van der Waals surface area (Å²) in [5.41, 5.74) is 9.04. The van der Waals surface area contributed by atoms with Crippen LogP contribution < -0.4 is 4.40 Å². The fraction of sp³-hybridized carbons (Fsp3) is 0.150. The van der Waals surface area contributed by atoms with Gasteiger partial charge in [-0.2, -0.15) is 0 Å². The molecule has 5 aromatic heterocycles. The number of pyridine rings is 2.